The summed E-state index contributed by atoms with van der Waals surface area (Å²) in [5, 5.41) is 0. The smallest absolute Gasteiger partial charge is 0.127 e. The fourth-order valence-electron chi connectivity index (χ4n) is 3.71. The molecule has 1 aliphatic carbocycles. The fraction of sp³-hybridized carbons (Fsp3) is 0.867. The standard InChI is InChI=1S/C15H24O3/c1-2-16-14-9-13-8-11(15(14)18-13)10-17-12-6-4-3-5-7-12/h2,11-15H,1,3-10H2. The molecule has 3 heteroatoms. The third-order valence-electron chi connectivity index (χ3n) is 4.61. The molecule has 3 fully saturated rings. The molecular formula is C15H24O3. The summed E-state index contributed by atoms with van der Waals surface area (Å²) >= 11 is 0. The molecule has 0 amide bonds. The van der Waals surface area contributed by atoms with Crippen molar-refractivity contribution in [2.75, 3.05) is 6.61 Å². The van der Waals surface area contributed by atoms with Gasteiger partial charge in [0.25, 0.3) is 0 Å². The molecule has 4 atom stereocenters. The van der Waals surface area contributed by atoms with Gasteiger partial charge in [0.1, 0.15) is 6.10 Å². The summed E-state index contributed by atoms with van der Waals surface area (Å²) in [4.78, 5) is 0. The van der Waals surface area contributed by atoms with E-state index in [1.165, 1.54) is 32.1 Å². The SMILES string of the molecule is C=COC1CC2CC(COC3CCCCC3)C1O2. The fourth-order valence-corrected chi connectivity index (χ4v) is 3.71. The maximum Gasteiger partial charge on any atom is 0.127 e. The van der Waals surface area contributed by atoms with Gasteiger partial charge in [-0.05, 0) is 19.3 Å². The monoisotopic (exact) mass is 252 g/mol. The molecule has 0 spiro atoms. The Bertz CT molecular complexity index is 285. The van der Waals surface area contributed by atoms with E-state index in [0.29, 0.717) is 18.1 Å². The van der Waals surface area contributed by atoms with Gasteiger partial charge >= 0.3 is 0 Å². The lowest BCUT2D eigenvalue weighted by atomic mass is 9.87. The van der Waals surface area contributed by atoms with E-state index in [2.05, 4.69) is 6.58 Å². The highest BCUT2D eigenvalue weighted by molar-refractivity contribution is 4.97. The van der Waals surface area contributed by atoms with E-state index in [9.17, 15) is 0 Å². The normalized spacial score (nSPS) is 40.0. The van der Waals surface area contributed by atoms with Gasteiger partial charge in [-0.2, -0.15) is 0 Å². The van der Waals surface area contributed by atoms with Gasteiger partial charge in [0.15, 0.2) is 0 Å². The minimum absolute atomic E-state index is 0.209. The van der Waals surface area contributed by atoms with E-state index in [1.807, 2.05) is 0 Å². The number of rotatable bonds is 5. The lowest BCUT2D eigenvalue weighted by Crippen LogP contribution is -2.35. The summed E-state index contributed by atoms with van der Waals surface area (Å²) in [6.07, 6.45) is 11.6. The topological polar surface area (TPSA) is 27.7 Å². The van der Waals surface area contributed by atoms with E-state index < -0.39 is 0 Å². The Morgan fingerprint density at radius 2 is 2.00 bits per heavy atom. The Morgan fingerprint density at radius 3 is 2.72 bits per heavy atom. The largest absolute Gasteiger partial charge is 0.496 e. The predicted octanol–water partition coefficient (Wildman–Crippen LogP) is 3.04. The first kappa shape index (κ1) is 12.5. The minimum Gasteiger partial charge on any atom is -0.496 e. The van der Waals surface area contributed by atoms with Crippen molar-refractivity contribution in [2.45, 2.75) is 69.4 Å². The van der Waals surface area contributed by atoms with Crippen LogP contribution in [0.4, 0.5) is 0 Å². The first-order valence-corrected chi connectivity index (χ1v) is 7.40. The molecule has 0 radical (unpaired) electrons. The molecule has 0 N–H and O–H groups in total. The number of fused-ring (bicyclic) bond motifs is 2. The van der Waals surface area contributed by atoms with Crippen molar-refractivity contribution in [3.63, 3.8) is 0 Å². The second-order valence-electron chi connectivity index (χ2n) is 5.89. The van der Waals surface area contributed by atoms with Crippen molar-refractivity contribution in [1.82, 2.24) is 0 Å². The molecule has 18 heavy (non-hydrogen) atoms. The van der Waals surface area contributed by atoms with Crippen molar-refractivity contribution in [3.8, 4) is 0 Å². The van der Waals surface area contributed by atoms with Crippen LogP contribution in [0, 0.1) is 5.92 Å². The average Bonchev–Trinajstić information content (AvgIpc) is 2.97. The summed E-state index contributed by atoms with van der Waals surface area (Å²) in [5.74, 6) is 0.524. The predicted molar refractivity (Wildman–Crippen MR) is 69.3 cm³/mol. The van der Waals surface area contributed by atoms with Crippen LogP contribution in [-0.4, -0.2) is 31.0 Å². The van der Waals surface area contributed by atoms with Crippen molar-refractivity contribution in [1.29, 1.82) is 0 Å². The highest BCUT2D eigenvalue weighted by Crippen LogP contribution is 2.41. The van der Waals surface area contributed by atoms with Crippen molar-refractivity contribution in [2.24, 2.45) is 5.92 Å². The molecule has 1 saturated carbocycles. The molecule has 3 rings (SSSR count). The van der Waals surface area contributed by atoms with Crippen LogP contribution in [0.15, 0.2) is 12.8 Å². The van der Waals surface area contributed by atoms with Gasteiger partial charge in [-0.3, -0.25) is 0 Å². The lowest BCUT2D eigenvalue weighted by Gasteiger charge is -2.28. The molecule has 2 aliphatic heterocycles. The zero-order valence-corrected chi connectivity index (χ0v) is 11.1. The summed E-state index contributed by atoms with van der Waals surface area (Å²) in [7, 11) is 0. The molecule has 2 heterocycles. The molecule has 3 aliphatic rings. The van der Waals surface area contributed by atoms with Gasteiger partial charge in [-0.1, -0.05) is 25.8 Å². The molecule has 0 aromatic carbocycles. The van der Waals surface area contributed by atoms with Crippen LogP contribution in [0.5, 0.6) is 0 Å². The zero-order valence-electron chi connectivity index (χ0n) is 11.1. The summed E-state index contributed by atoms with van der Waals surface area (Å²) in [6.45, 7) is 4.49. The zero-order chi connectivity index (χ0) is 12.4. The Labute approximate surface area is 109 Å². The Balaban J connectivity index is 1.46. The van der Waals surface area contributed by atoms with E-state index in [4.69, 9.17) is 14.2 Å². The van der Waals surface area contributed by atoms with E-state index in [0.717, 1.165) is 19.4 Å². The van der Waals surface area contributed by atoms with Gasteiger partial charge in [0.2, 0.25) is 0 Å². The highest BCUT2D eigenvalue weighted by Gasteiger charge is 2.48. The van der Waals surface area contributed by atoms with Crippen molar-refractivity contribution >= 4 is 0 Å². The van der Waals surface area contributed by atoms with Crippen molar-refractivity contribution in [3.05, 3.63) is 12.8 Å². The van der Waals surface area contributed by atoms with E-state index >= 15 is 0 Å². The molecule has 0 aromatic heterocycles. The first-order chi connectivity index (χ1) is 8.86. The number of hydrogen-bond acceptors (Lipinski definition) is 3. The van der Waals surface area contributed by atoms with Crippen LogP contribution in [0.1, 0.15) is 44.9 Å². The van der Waals surface area contributed by atoms with E-state index in [1.54, 1.807) is 6.26 Å². The van der Waals surface area contributed by atoms with Crippen LogP contribution >= 0.6 is 0 Å². The quantitative estimate of drug-likeness (QED) is 0.704. The minimum atomic E-state index is 0.209. The van der Waals surface area contributed by atoms with Crippen LogP contribution < -0.4 is 0 Å². The molecule has 3 nitrogen and oxygen atoms in total. The second kappa shape index (κ2) is 5.62. The summed E-state index contributed by atoms with van der Waals surface area (Å²) in [6, 6.07) is 0. The molecule has 102 valence electrons. The molecule has 4 unspecified atom stereocenters. The Morgan fingerprint density at radius 1 is 1.17 bits per heavy atom. The first-order valence-electron chi connectivity index (χ1n) is 7.40. The second-order valence-corrected chi connectivity index (χ2v) is 5.89. The lowest BCUT2D eigenvalue weighted by molar-refractivity contribution is -0.0330. The van der Waals surface area contributed by atoms with Gasteiger partial charge < -0.3 is 14.2 Å². The molecule has 2 bridgehead atoms. The molecular weight excluding hydrogens is 228 g/mol. The number of hydrogen-bond donors (Lipinski definition) is 0. The van der Waals surface area contributed by atoms with Crippen LogP contribution in [0.2, 0.25) is 0 Å². The number of ether oxygens (including phenoxy) is 3. The Hall–Kier alpha value is -0.540. The maximum atomic E-state index is 6.08. The van der Waals surface area contributed by atoms with Crippen LogP contribution in [0.25, 0.3) is 0 Å². The van der Waals surface area contributed by atoms with Gasteiger partial charge in [0.05, 0.1) is 31.2 Å². The van der Waals surface area contributed by atoms with Crippen LogP contribution in [0.3, 0.4) is 0 Å². The van der Waals surface area contributed by atoms with E-state index in [-0.39, 0.29) is 12.2 Å². The van der Waals surface area contributed by atoms with Gasteiger partial charge in [0, 0.05) is 12.3 Å². The van der Waals surface area contributed by atoms with Gasteiger partial charge in [-0.25, -0.2) is 0 Å². The van der Waals surface area contributed by atoms with Crippen LogP contribution in [-0.2, 0) is 14.2 Å². The third-order valence-corrected chi connectivity index (χ3v) is 4.61. The third kappa shape index (κ3) is 2.57. The maximum absolute atomic E-state index is 6.08. The Kier molecular flexibility index (Phi) is 3.90. The average molecular weight is 252 g/mol. The summed E-state index contributed by atoms with van der Waals surface area (Å²) < 4.78 is 17.6. The molecule has 0 aromatic rings. The highest BCUT2D eigenvalue weighted by atomic mass is 16.6. The summed E-state index contributed by atoms with van der Waals surface area (Å²) in [5.41, 5.74) is 0. The molecule has 2 saturated heterocycles. The van der Waals surface area contributed by atoms with Gasteiger partial charge in [-0.15, -0.1) is 0 Å². The van der Waals surface area contributed by atoms with Crippen molar-refractivity contribution < 1.29 is 14.2 Å².